The van der Waals surface area contributed by atoms with Gasteiger partial charge in [-0.2, -0.15) is 0 Å². The summed E-state index contributed by atoms with van der Waals surface area (Å²) in [6.07, 6.45) is 6.56. The van der Waals surface area contributed by atoms with E-state index in [1.807, 2.05) is 6.92 Å². The van der Waals surface area contributed by atoms with Crippen LogP contribution in [0.3, 0.4) is 0 Å². The number of nitrogens with zero attached hydrogens (tertiary/aromatic N) is 1. The van der Waals surface area contributed by atoms with Crippen molar-refractivity contribution in [3.63, 3.8) is 0 Å². The number of rotatable bonds is 8. The minimum Gasteiger partial charge on any atom is -0.478 e. The van der Waals surface area contributed by atoms with E-state index in [1.54, 1.807) is 0 Å². The zero-order valence-corrected chi connectivity index (χ0v) is 16.1. The number of hydrogen-bond donors (Lipinski definition) is 1. The van der Waals surface area contributed by atoms with E-state index < -0.39 is 5.97 Å². The van der Waals surface area contributed by atoms with E-state index in [4.69, 9.17) is 5.11 Å². The van der Waals surface area contributed by atoms with Crippen LogP contribution in [-0.2, 0) is 4.79 Å². The maximum atomic E-state index is 11.0. The average molecular weight is 341 g/mol. The van der Waals surface area contributed by atoms with E-state index in [2.05, 4.69) is 62.7 Å². The lowest BCUT2D eigenvalue weighted by Gasteiger charge is -2.24. The first-order valence-corrected chi connectivity index (χ1v) is 9.36. The Kier molecular flexibility index (Phi) is 6.46. The van der Waals surface area contributed by atoms with E-state index in [0.717, 1.165) is 11.1 Å². The Morgan fingerprint density at radius 2 is 1.76 bits per heavy atom. The lowest BCUT2D eigenvalue weighted by molar-refractivity contribution is -0.131. The Bertz CT molecular complexity index is 742. The summed E-state index contributed by atoms with van der Waals surface area (Å²) in [4.78, 5) is 11.0. The number of benzene rings is 1. The maximum absolute atomic E-state index is 11.0. The summed E-state index contributed by atoms with van der Waals surface area (Å²) >= 11 is 0. The van der Waals surface area contributed by atoms with Crippen molar-refractivity contribution in [1.82, 2.24) is 4.57 Å². The van der Waals surface area contributed by atoms with E-state index in [0.29, 0.717) is 24.3 Å². The fraction of sp³-hybridized carbons (Fsp3) is 0.500. The van der Waals surface area contributed by atoms with Crippen molar-refractivity contribution >= 4 is 22.4 Å². The molecule has 0 amide bonds. The number of aromatic nitrogens is 1. The highest BCUT2D eigenvalue weighted by molar-refractivity contribution is 5.92. The largest absolute Gasteiger partial charge is 0.478 e. The van der Waals surface area contributed by atoms with Gasteiger partial charge in [0.25, 0.3) is 0 Å². The third-order valence-corrected chi connectivity index (χ3v) is 4.65. The van der Waals surface area contributed by atoms with Gasteiger partial charge in [0.05, 0.1) is 0 Å². The summed E-state index contributed by atoms with van der Waals surface area (Å²) < 4.78 is 2.41. The maximum Gasteiger partial charge on any atom is 0.328 e. The Morgan fingerprint density at radius 3 is 2.28 bits per heavy atom. The van der Waals surface area contributed by atoms with Crippen LogP contribution < -0.4 is 0 Å². The molecule has 1 N–H and O–H groups in total. The zero-order valence-electron chi connectivity index (χ0n) is 16.1. The van der Waals surface area contributed by atoms with Crippen molar-refractivity contribution in [2.75, 3.05) is 0 Å². The van der Waals surface area contributed by atoms with Gasteiger partial charge in [0.2, 0.25) is 0 Å². The predicted octanol–water partition coefficient (Wildman–Crippen LogP) is 6.15. The predicted molar refractivity (Wildman–Crippen MR) is 106 cm³/mol. The number of carboxylic acids is 1. The summed E-state index contributed by atoms with van der Waals surface area (Å²) in [6, 6.07) is 8.97. The SMILES string of the molecule is CCC(=CC(=O)O)c1ccc2c(ccn2C(CC(C)C)CC(C)C)c1. The van der Waals surface area contributed by atoms with E-state index >= 15 is 0 Å². The van der Waals surface area contributed by atoms with Gasteiger partial charge in [0.15, 0.2) is 0 Å². The molecule has 0 atom stereocenters. The second kappa shape index (κ2) is 8.37. The molecule has 0 fully saturated rings. The lowest BCUT2D eigenvalue weighted by Crippen LogP contribution is -2.13. The van der Waals surface area contributed by atoms with Crippen LogP contribution in [0.5, 0.6) is 0 Å². The molecule has 25 heavy (non-hydrogen) atoms. The number of carbonyl (C=O) groups is 1. The smallest absolute Gasteiger partial charge is 0.328 e. The molecule has 1 heterocycles. The fourth-order valence-corrected chi connectivity index (χ4v) is 3.63. The van der Waals surface area contributed by atoms with Crippen LogP contribution in [0.1, 0.15) is 65.5 Å². The third-order valence-electron chi connectivity index (χ3n) is 4.65. The number of hydrogen-bond acceptors (Lipinski definition) is 1. The van der Waals surface area contributed by atoms with E-state index in [1.165, 1.54) is 29.8 Å². The molecule has 1 aromatic carbocycles. The van der Waals surface area contributed by atoms with Crippen molar-refractivity contribution in [2.24, 2.45) is 11.8 Å². The first-order chi connectivity index (χ1) is 11.8. The third kappa shape index (κ3) is 4.97. The summed E-state index contributed by atoms with van der Waals surface area (Å²) in [5.74, 6) is 0.430. The van der Waals surface area contributed by atoms with Crippen LogP contribution >= 0.6 is 0 Å². The van der Waals surface area contributed by atoms with E-state index in [-0.39, 0.29) is 0 Å². The average Bonchev–Trinajstić information content (AvgIpc) is 2.93. The van der Waals surface area contributed by atoms with Gasteiger partial charge in [0, 0.05) is 29.2 Å². The normalized spacial score (nSPS) is 12.7. The zero-order chi connectivity index (χ0) is 18.6. The van der Waals surface area contributed by atoms with Gasteiger partial charge in [-0.15, -0.1) is 0 Å². The number of allylic oxidation sites excluding steroid dienone is 1. The molecule has 0 aliphatic heterocycles. The van der Waals surface area contributed by atoms with Gasteiger partial charge in [-0.1, -0.05) is 40.7 Å². The molecular formula is C22H31NO2. The van der Waals surface area contributed by atoms with Gasteiger partial charge in [-0.25, -0.2) is 4.79 Å². The van der Waals surface area contributed by atoms with Crippen LogP contribution in [0.2, 0.25) is 0 Å². The monoisotopic (exact) mass is 341 g/mol. The van der Waals surface area contributed by atoms with Crippen molar-refractivity contribution in [1.29, 1.82) is 0 Å². The summed E-state index contributed by atoms with van der Waals surface area (Å²) in [5.41, 5.74) is 3.10. The summed E-state index contributed by atoms with van der Waals surface area (Å²) in [6.45, 7) is 11.1. The number of carboxylic acid groups (broad SMARTS) is 1. The molecule has 0 aliphatic rings. The molecule has 0 unspecified atom stereocenters. The summed E-state index contributed by atoms with van der Waals surface area (Å²) in [7, 11) is 0. The molecule has 0 saturated carbocycles. The van der Waals surface area contributed by atoms with Crippen LogP contribution in [-0.4, -0.2) is 15.6 Å². The number of aliphatic carboxylic acids is 1. The van der Waals surface area contributed by atoms with Crippen molar-refractivity contribution in [3.05, 3.63) is 42.1 Å². The molecule has 3 nitrogen and oxygen atoms in total. The van der Waals surface area contributed by atoms with Crippen LogP contribution in [0, 0.1) is 11.8 Å². The molecular weight excluding hydrogens is 310 g/mol. The Balaban J connectivity index is 2.42. The minimum atomic E-state index is -0.886. The van der Waals surface area contributed by atoms with Gasteiger partial charge in [-0.3, -0.25) is 0 Å². The minimum absolute atomic E-state index is 0.503. The number of fused-ring (bicyclic) bond motifs is 1. The molecule has 136 valence electrons. The highest BCUT2D eigenvalue weighted by Crippen LogP contribution is 2.31. The van der Waals surface area contributed by atoms with Crippen LogP contribution in [0.15, 0.2) is 36.5 Å². The van der Waals surface area contributed by atoms with Crippen LogP contribution in [0.4, 0.5) is 0 Å². The lowest BCUT2D eigenvalue weighted by atomic mass is 9.95. The standard InChI is InChI=1S/C22H31NO2/c1-6-17(14-22(24)25)18-7-8-21-19(13-18)9-10-23(21)20(11-15(2)3)12-16(4)5/h7-10,13-16,20H,6,11-12H2,1-5H3,(H,24,25). The molecule has 2 aromatic rings. The van der Waals surface area contributed by atoms with Gasteiger partial charge < -0.3 is 9.67 Å². The summed E-state index contributed by atoms with van der Waals surface area (Å²) in [5, 5.41) is 10.2. The van der Waals surface area contributed by atoms with Crippen molar-refractivity contribution in [2.45, 2.75) is 59.9 Å². The molecule has 1 aromatic heterocycles. The Hall–Kier alpha value is -2.03. The van der Waals surface area contributed by atoms with Gasteiger partial charge >= 0.3 is 5.97 Å². The quantitative estimate of drug-likeness (QED) is 0.585. The molecule has 0 saturated heterocycles. The Labute approximate surface area is 151 Å². The molecule has 0 radical (unpaired) electrons. The second-order valence-electron chi connectivity index (χ2n) is 7.77. The second-order valence-corrected chi connectivity index (χ2v) is 7.77. The molecule has 0 bridgehead atoms. The van der Waals surface area contributed by atoms with Crippen LogP contribution in [0.25, 0.3) is 16.5 Å². The molecule has 2 rings (SSSR count). The highest BCUT2D eigenvalue weighted by atomic mass is 16.4. The highest BCUT2D eigenvalue weighted by Gasteiger charge is 2.17. The van der Waals surface area contributed by atoms with Crippen molar-refractivity contribution in [3.8, 4) is 0 Å². The fourth-order valence-electron chi connectivity index (χ4n) is 3.63. The first kappa shape index (κ1) is 19.3. The molecule has 0 spiro atoms. The molecule has 0 aliphatic carbocycles. The van der Waals surface area contributed by atoms with E-state index in [9.17, 15) is 4.79 Å². The molecule has 3 heteroatoms. The van der Waals surface area contributed by atoms with Gasteiger partial charge in [-0.05, 0) is 60.4 Å². The van der Waals surface area contributed by atoms with Gasteiger partial charge in [0.1, 0.15) is 0 Å². The topological polar surface area (TPSA) is 42.2 Å². The van der Waals surface area contributed by atoms with Crippen molar-refractivity contribution < 1.29 is 9.90 Å². The first-order valence-electron chi connectivity index (χ1n) is 9.36. The Morgan fingerprint density at radius 1 is 1.12 bits per heavy atom.